The van der Waals surface area contributed by atoms with E-state index >= 15 is 0 Å². The van der Waals surface area contributed by atoms with E-state index in [4.69, 9.17) is 4.74 Å². The number of nitrogens with one attached hydrogen (secondary N) is 2. The van der Waals surface area contributed by atoms with Crippen molar-refractivity contribution in [3.05, 3.63) is 65.7 Å². The number of methoxy groups -OCH3 is 1. The summed E-state index contributed by atoms with van der Waals surface area (Å²) in [5.74, 6) is 0.501. The van der Waals surface area contributed by atoms with Gasteiger partial charge >= 0.3 is 0 Å². The molecule has 0 radical (unpaired) electrons. The highest BCUT2D eigenvalue weighted by Gasteiger charge is 2.27. The van der Waals surface area contributed by atoms with E-state index in [1.54, 1.807) is 23.8 Å². The summed E-state index contributed by atoms with van der Waals surface area (Å²) in [6.07, 6.45) is 4.43. The van der Waals surface area contributed by atoms with Crippen molar-refractivity contribution >= 4 is 17.3 Å². The number of hydrogen-bond acceptors (Lipinski definition) is 4. The number of aromatic nitrogens is 2. The fourth-order valence-corrected chi connectivity index (χ4v) is 3.04. The Labute approximate surface area is 162 Å². The number of nitrogens with zero attached hydrogens (tertiary/aromatic N) is 2. The number of carbonyl (C=O) groups excluding carboxylic acids is 2. The highest BCUT2D eigenvalue weighted by Crippen LogP contribution is 2.20. The number of imidazole rings is 1. The van der Waals surface area contributed by atoms with Gasteiger partial charge < -0.3 is 15.4 Å². The molecule has 0 aliphatic heterocycles. The van der Waals surface area contributed by atoms with Crippen LogP contribution < -0.4 is 15.4 Å². The topological polar surface area (TPSA) is 84.7 Å². The smallest absolute Gasteiger partial charge is 0.287 e. The molecule has 3 aromatic rings. The largest absolute Gasteiger partial charge is 0.497 e. The lowest BCUT2D eigenvalue weighted by Gasteiger charge is -2.05. The van der Waals surface area contributed by atoms with Gasteiger partial charge in [-0.1, -0.05) is 18.2 Å². The number of fused-ring (bicyclic) bond motifs is 1. The summed E-state index contributed by atoms with van der Waals surface area (Å²) in [5, 5.41) is 5.82. The second kappa shape index (κ2) is 7.72. The van der Waals surface area contributed by atoms with Crippen molar-refractivity contribution < 1.29 is 14.3 Å². The van der Waals surface area contributed by atoms with E-state index in [1.165, 1.54) is 0 Å². The Kier molecular flexibility index (Phi) is 4.97. The molecule has 0 bridgehead atoms. The third kappa shape index (κ3) is 3.83. The van der Waals surface area contributed by atoms with Crippen LogP contribution in [0.5, 0.6) is 5.75 Å². The van der Waals surface area contributed by atoms with Gasteiger partial charge in [-0.15, -0.1) is 0 Å². The standard InChI is InChI=1S/C21H22N4O3/c1-28-16-9-5-14(6-10-16)11-12-22-20(26)18-17-4-2-3-13-25(17)19(24-18)21(27)23-15-7-8-15/h2-6,9-10,13,15H,7-8,11-12H2,1H3,(H,22,26)(H,23,27). The molecule has 2 N–H and O–H groups in total. The zero-order valence-electron chi connectivity index (χ0n) is 15.6. The molecular formula is C21H22N4O3. The highest BCUT2D eigenvalue weighted by molar-refractivity contribution is 6.02. The van der Waals surface area contributed by atoms with E-state index in [0.29, 0.717) is 18.5 Å². The van der Waals surface area contributed by atoms with Gasteiger partial charge in [-0.2, -0.15) is 0 Å². The molecule has 2 heterocycles. The van der Waals surface area contributed by atoms with E-state index in [1.807, 2.05) is 36.4 Å². The van der Waals surface area contributed by atoms with Crippen molar-refractivity contribution in [2.24, 2.45) is 0 Å². The van der Waals surface area contributed by atoms with Crippen LogP contribution in [-0.2, 0) is 6.42 Å². The fourth-order valence-electron chi connectivity index (χ4n) is 3.04. The number of hydrogen-bond donors (Lipinski definition) is 2. The molecule has 2 aromatic heterocycles. The van der Waals surface area contributed by atoms with Crippen molar-refractivity contribution in [2.45, 2.75) is 25.3 Å². The van der Waals surface area contributed by atoms with Crippen LogP contribution in [0.25, 0.3) is 5.52 Å². The number of carbonyl (C=O) groups is 2. The van der Waals surface area contributed by atoms with Gasteiger partial charge in [0, 0.05) is 18.8 Å². The van der Waals surface area contributed by atoms with Crippen LogP contribution >= 0.6 is 0 Å². The maximum Gasteiger partial charge on any atom is 0.287 e. The fraction of sp³-hybridized carbons (Fsp3) is 0.286. The van der Waals surface area contributed by atoms with Gasteiger partial charge in [-0.3, -0.25) is 14.0 Å². The number of pyridine rings is 1. The molecule has 1 aliphatic carbocycles. The van der Waals surface area contributed by atoms with Crippen molar-refractivity contribution in [1.29, 1.82) is 0 Å². The van der Waals surface area contributed by atoms with E-state index < -0.39 is 0 Å². The summed E-state index contributed by atoms with van der Waals surface area (Å²) in [4.78, 5) is 29.5. The Morgan fingerprint density at radius 2 is 1.93 bits per heavy atom. The number of ether oxygens (including phenoxy) is 1. The first kappa shape index (κ1) is 18.0. The van der Waals surface area contributed by atoms with Gasteiger partial charge in [0.1, 0.15) is 5.75 Å². The van der Waals surface area contributed by atoms with Crippen LogP contribution in [0.4, 0.5) is 0 Å². The van der Waals surface area contributed by atoms with Gasteiger partial charge in [-0.25, -0.2) is 4.98 Å². The summed E-state index contributed by atoms with van der Waals surface area (Å²) in [6, 6.07) is 13.4. The highest BCUT2D eigenvalue weighted by atomic mass is 16.5. The van der Waals surface area contributed by atoms with E-state index in [2.05, 4.69) is 15.6 Å². The third-order valence-corrected chi connectivity index (χ3v) is 4.74. The van der Waals surface area contributed by atoms with E-state index in [0.717, 1.165) is 24.2 Å². The molecule has 0 spiro atoms. The maximum atomic E-state index is 12.7. The summed E-state index contributed by atoms with van der Waals surface area (Å²) in [7, 11) is 1.63. The number of benzene rings is 1. The molecule has 28 heavy (non-hydrogen) atoms. The maximum absolute atomic E-state index is 12.7. The molecule has 7 nitrogen and oxygen atoms in total. The second-order valence-electron chi connectivity index (χ2n) is 6.84. The van der Waals surface area contributed by atoms with E-state index in [-0.39, 0.29) is 29.4 Å². The zero-order valence-corrected chi connectivity index (χ0v) is 15.6. The molecule has 144 valence electrons. The van der Waals surface area contributed by atoms with Gasteiger partial charge in [0.25, 0.3) is 11.8 Å². The molecule has 1 aromatic carbocycles. The second-order valence-corrected chi connectivity index (χ2v) is 6.84. The number of rotatable bonds is 7. The molecule has 1 aliphatic rings. The Balaban J connectivity index is 1.46. The Hall–Kier alpha value is -3.35. The molecule has 0 saturated heterocycles. The average molecular weight is 378 g/mol. The average Bonchev–Trinajstić information content (AvgIpc) is 3.45. The van der Waals surface area contributed by atoms with Crippen LogP contribution in [-0.4, -0.2) is 40.9 Å². The summed E-state index contributed by atoms with van der Waals surface area (Å²) < 4.78 is 6.81. The SMILES string of the molecule is COc1ccc(CCNC(=O)c2nc(C(=O)NC3CC3)n3ccccc23)cc1. The molecule has 7 heteroatoms. The minimum absolute atomic E-state index is 0.227. The Bertz CT molecular complexity index is 1010. The molecule has 0 unspecified atom stereocenters. The first-order valence-electron chi connectivity index (χ1n) is 9.35. The minimum Gasteiger partial charge on any atom is -0.497 e. The molecule has 2 amide bonds. The molecule has 0 atom stereocenters. The lowest BCUT2D eigenvalue weighted by Crippen LogP contribution is -2.28. The lowest BCUT2D eigenvalue weighted by atomic mass is 10.1. The first-order chi connectivity index (χ1) is 13.7. The summed E-state index contributed by atoms with van der Waals surface area (Å²) in [5.41, 5.74) is 1.97. The molecule has 1 saturated carbocycles. The predicted molar refractivity (Wildman–Crippen MR) is 105 cm³/mol. The van der Waals surface area contributed by atoms with Gasteiger partial charge in [-0.05, 0) is 49.1 Å². The van der Waals surface area contributed by atoms with Crippen molar-refractivity contribution in [3.8, 4) is 5.75 Å². The number of amides is 2. The summed E-state index contributed by atoms with van der Waals surface area (Å²) in [6.45, 7) is 0.473. The lowest BCUT2D eigenvalue weighted by molar-refractivity contribution is 0.0940. The molecular weight excluding hydrogens is 356 g/mol. The van der Waals surface area contributed by atoms with Crippen molar-refractivity contribution in [3.63, 3.8) is 0 Å². The van der Waals surface area contributed by atoms with Crippen LogP contribution in [0.3, 0.4) is 0 Å². The Morgan fingerprint density at radius 3 is 2.64 bits per heavy atom. The first-order valence-corrected chi connectivity index (χ1v) is 9.35. The van der Waals surface area contributed by atoms with Gasteiger partial charge in [0.2, 0.25) is 5.82 Å². The Morgan fingerprint density at radius 1 is 1.14 bits per heavy atom. The van der Waals surface area contributed by atoms with Crippen LogP contribution in [0.1, 0.15) is 39.5 Å². The summed E-state index contributed by atoms with van der Waals surface area (Å²) >= 11 is 0. The quantitative estimate of drug-likeness (QED) is 0.660. The third-order valence-electron chi connectivity index (χ3n) is 4.74. The van der Waals surface area contributed by atoms with Crippen molar-refractivity contribution in [2.75, 3.05) is 13.7 Å². The zero-order chi connectivity index (χ0) is 19.5. The molecule has 4 rings (SSSR count). The minimum atomic E-state index is -0.289. The van der Waals surface area contributed by atoms with Crippen LogP contribution in [0, 0.1) is 0 Å². The molecule has 1 fully saturated rings. The monoisotopic (exact) mass is 378 g/mol. The van der Waals surface area contributed by atoms with Crippen molar-refractivity contribution in [1.82, 2.24) is 20.0 Å². The van der Waals surface area contributed by atoms with Gasteiger partial charge in [0.15, 0.2) is 5.69 Å². The predicted octanol–water partition coefficient (Wildman–Crippen LogP) is 2.21. The van der Waals surface area contributed by atoms with Crippen LogP contribution in [0.15, 0.2) is 48.7 Å². The van der Waals surface area contributed by atoms with Crippen LogP contribution in [0.2, 0.25) is 0 Å². The van der Waals surface area contributed by atoms with E-state index in [9.17, 15) is 9.59 Å². The normalized spacial score (nSPS) is 13.3. The van der Waals surface area contributed by atoms with Gasteiger partial charge in [0.05, 0.1) is 12.6 Å².